The van der Waals surface area contributed by atoms with Gasteiger partial charge in [-0.05, 0) is 77.2 Å². The molecule has 0 radical (unpaired) electrons. The number of rotatable bonds is 7. The van der Waals surface area contributed by atoms with Gasteiger partial charge in [-0.25, -0.2) is 0 Å². The molecule has 0 aromatic heterocycles. The lowest BCUT2D eigenvalue weighted by Crippen LogP contribution is -2.29. The Morgan fingerprint density at radius 2 is 2.05 bits per heavy atom. The van der Waals surface area contributed by atoms with Crippen LogP contribution in [0.25, 0.3) is 0 Å². The van der Waals surface area contributed by atoms with E-state index in [0.717, 1.165) is 18.9 Å². The Balaban J connectivity index is 1.46. The molecule has 0 aliphatic heterocycles. The zero-order valence-corrected chi connectivity index (χ0v) is 14.2. The molecule has 6 aliphatic carbocycles. The smallest absolute Gasteiger partial charge is 0.00171 e. The molecular weight excluding hydrogens is 266 g/mol. The maximum Gasteiger partial charge on any atom is 0.00171 e. The summed E-state index contributed by atoms with van der Waals surface area (Å²) in [5, 5.41) is 3.73. The second kappa shape index (κ2) is 7.46. The number of hydrogen-bond donors (Lipinski definition) is 1. The van der Waals surface area contributed by atoms with Gasteiger partial charge in [0.25, 0.3) is 0 Å². The predicted molar refractivity (Wildman–Crippen MR) is 95.9 cm³/mol. The van der Waals surface area contributed by atoms with Crippen LogP contribution in [0.2, 0.25) is 0 Å². The molecule has 0 spiro atoms. The van der Waals surface area contributed by atoms with Gasteiger partial charge in [-0.1, -0.05) is 46.6 Å². The third-order valence-corrected chi connectivity index (χ3v) is 5.66. The van der Waals surface area contributed by atoms with Crippen LogP contribution < -0.4 is 5.32 Å². The minimum absolute atomic E-state index is 0.811. The van der Waals surface area contributed by atoms with E-state index in [0.29, 0.717) is 0 Å². The molecular formula is C21H31N. The molecule has 0 heterocycles. The molecule has 120 valence electrons. The first-order valence-corrected chi connectivity index (χ1v) is 9.19. The highest BCUT2D eigenvalue weighted by molar-refractivity contribution is 5.42. The molecule has 0 saturated heterocycles. The average Bonchev–Trinajstić information content (AvgIpc) is 2.37. The summed E-state index contributed by atoms with van der Waals surface area (Å²) in [6.07, 6.45) is 16.1. The van der Waals surface area contributed by atoms with E-state index in [-0.39, 0.29) is 0 Å². The first-order valence-electron chi connectivity index (χ1n) is 9.19. The zero-order chi connectivity index (χ0) is 15.4. The first-order chi connectivity index (χ1) is 10.8. The third-order valence-electron chi connectivity index (χ3n) is 5.66. The van der Waals surface area contributed by atoms with E-state index < -0.39 is 0 Å². The third kappa shape index (κ3) is 3.63. The van der Waals surface area contributed by atoms with Gasteiger partial charge in [0.2, 0.25) is 0 Å². The summed E-state index contributed by atoms with van der Waals surface area (Å²) >= 11 is 0. The lowest BCUT2D eigenvalue weighted by Gasteiger charge is -2.38. The standard InChI is InChI=1S/C21H31N/c1-3-6-16(2)7-5-12-22-15-18-11-10-17-8-4-9-21(18)20-13-19(17)14-20/h3,6,18,22H,2,4-5,7-15H2,1H3/b6-3-,19-17?,21-20?. The molecule has 1 heteroatoms. The largest absolute Gasteiger partial charge is 0.316 e. The maximum absolute atomic E-state index is 4.08. The molecule has 1 N–H and O–H groups in total. The van der Waals surface area contributed by atoms with Gasteiger partial charge in [0, 0.05) is 6.54 Å². The van der Waals surface area contributed by atoms with Crippen LogP contribution in [0.3, 0.4) is 0 Å². The molecule has 1 nitrogen and oxygen atoms in total. The molecule has 0 aromatic carbocycles. The molecule has 22 heavy (non-hydrogen) atoms. The quantitative estimate of drug-likeness (QED) is 0.373. The summed E-state index contributed by atoms with van der Waals surface area (Å²) in [7, 11) is 0. The highest BCUT2D eigenvalue weighted by atomic mass is 14.9. The normalized spacial score (nSPS) is 24.3. The maximum atomic E-state index is 4.08. The van der Waals surface area contributed by atoms with E-state index in [2.05, 4.69) is 31.0 Å². The van der Waals surface area contributed by atoms with E-state index in [1.54, 1.807) is 11.1 Å². The van der Waals surface area contributed by atoms with Crippen LogP contribution in [-0.4, -0.2) is 13.1 Å². The first kappa shape index (κ1) is 15.8. The van der Waals surface area contributed by atoms with Gasteiger partial charge in [-0.2, -0.15) is 0 Å². The Morgan fingerprint density at radius 3 is 2.86 bits per heavy atom. The van der Waals surface area contributed by atoms with Crippen LogP contribution in [-0.2, 0) is 0 Å². The van der Waals surface area contributed by atoms with E-state index in [9.17, 15) is 0 Å². The van der Waals surface area contributed by atoms with Crippen molar-refractivity contribution in [3.05, 3.63) is 46.6 Å². The Hall–Kier alpha value is -1.08. The van der Waals surface area contributed by atoms with E-state index in [4.69, 9.17) is 0 Å². The van der Waals surface area contributed by atoms with Crippen LogP contribution in [0.1, 0.15) is 64.7 Å². The van der Waals surface area contributed by atoms with Crippen molar-refractivity contribution >= 4 is 0 Å². The Labute approximate surface area is 136 Å². The van der Waals surface area contributed by atoms with Crippen LogP contribution >= 0.6 is 0 Å². The Kier molecular flexibility index (Phi) is 5.36. The number of nitrogens with one attached hydrogen (secondary N) is 1. The summed E-state index contributed by atoms with van der Waals surface area (Å²) in [5.41, 5.74) is 8.54. The van der Waals surface area contributed by atoms with Gasteiger partial charge in [0.15, 0.2) is 0 Å². The van der Waals surface area contributed by atoms with Crippen molar-refractivity contribution in [1.82, 2.24) is 5.32 Å². The van der Waals surface area contributed by atoms with Crippen molar-refractivity contribution in [1.29, 1.82) is 0 Å². The van der Waals surface area contributed by atoms with Crippen molar-refractivity contribution in [3.63, 3.8) is 0 Å². The molecule has 0 aromatic rings. The van der Waals surface area contributed by atoms with Crippen molar-refractivity contribution in [3.8, 4) is 0 Å². The fraction of sp³-hybridized carbons (Fsp3) is 0.619. The summed E-state index contributed by atoms with van der Waals surface area (Å²) < 4.78 is 0. The second-order valence-electron chi connectivity index (χ2n) is 7.24. The fourth-order valence-electron chi connectivity index (χ4n) is 4.36. The van der Waals surface area contributed by atoms with Crippen LogP contribution in [0.4, 0.5) is 0 Å². The molecule has 6 aliphatic rings. The topological polar surface area (TPSA) is 12.0 Å². The van der Waals surface area contributed by atoms with Crippen LogP contribution in [0, 0.1) is 5.92 Å². The molecule has 0 amide bonds. The summed E-state index contributed by atoms with van der Waals surface area (Å²) in [6.45, 7) is 8.47. The van der Waals surface area contributed by atoms with Crippen molar-refractivity contribution in [2.24, 2.45) is 5.92 Å². The Bertz CT molecular complexity index is 508. The fourth-order valence-corrected chi connectivity index (χ4v) is 4.36. The monoisotopic (exact) mass is 297 g/mol. The molecule has 2 saturated carbocycles. The number of allylic oxidation sites excluding steroid dienone is 6. The highest BCUT2D eigenvalue weighted by Crippen LogP contribution is 2.47. The van der Waals surface area contributed by atoms with E-state index >= 15 is 0 Å². The van der Waals surface area contributed by atoms with Crippen LogP contribution in [0.15, 0.2) is 46.6 Å². The molecule has 4 bridgehead atoms. The predicted octanol–water partition coefficient (Wildman–Crippen LogP) is 5.47. The van der Waals surface area contributed by atoms with E-state index in [1.807, 2.05) is 11.1 Å². The molecule has 2 fully saturated rings. The van der Waals surface area contributed by atoms with E-state index in [1.165, 1.54) is 63.5 Å². The molecule has 1 unspecified atom stereocenters. The van der Waals surface area contributed by atoms with Gasteiger partial charge < -0.3 is 5.32 Å². The summed E-state index contributed by atoms with van der Waals surface area (Å²) in [6, 6.07) is 0. The van der Waals surface area contributed by atoms with Gasteiger partial charge >= 0.3 is 0 Å². The van der Waals surface area contributed by atoms with Gasteiger partial charge in [-0.15, -0.1) is 0 Å². The van der Waals surface area contributed by atoms with Crippen LogP contribution in [0.5, 0.6) is 0 Å². The molecule has 1 atom stereocenters. The van der Waals surface area contributed by atoms with Gasteiger partial charge in [-0.3, -0.25) is 0 Å². The van der Waals surface area contributed by atoms with Crippen molar-refractivity contribution in [2.45, 2.75) is 64.7 Å². The van der Waals surface area contributed by atoms with Crippen molar-refractivity contribution < 1.29 is 0 Å². The van der Waals surface area contributed by atoms with Crippen molar-refractivity contribution in [2.75, 3.05) is 13.1 Å². The van der Waals surface area contributed by atoms with Gasteiger partial charge in [0.1, 0.15) is 0 Å². The lowest BCUT2D eigenvalue weighted by atomic mass is 9.68. The summed E-state index contributed by atoms with van der Waals surface area (Å²) in [5.74, 6) is 0.811. The Morgan fingerprint density at radius 1 is 1.18 bits per heavy atom. The highest BCUT2D eigenvalue weighted by Gasteiger charge is 2.31. The summed E-state index contributed by atoms with van der Waals surface area (Å²) in [4.78, 5) is 0. The average molecular weight is 297 g/mol. The molecule has 6 rings (SSSR count). The zero-order valence-electron chi connectivity index (χ0n) is 14.2. The minimum Gasteiger partial charge on any atom is -0.316 e. The SMILES string of the molecule is C=C(/C=C\C)CCCNCC1CCC2=C3CC(=C1CCC2)C3. The lowest BCUT2D eigenvalue weighted by molar-refractivity contribution is 0.443. The minimum atomic E-state index is 0.811. The van der Waals surface area contributed by atoms with Gasteiger partial charge in [0.05, 0.1) is 0 Å². The number of hydrogen-bond acceptors (Lipinski definition) is 1. The second-order valence-corrected chi connectivity index (χ2v) is 7.24.